The SMILES string of the molecule is COC(=O)c1cn([C@@H]2O[C@@](CO)(C(C)=O)[C@@H](OC(C)=O)[C@@H]2NC(C)=O)c2nc(NC(C)=O)[nH]c(=O)c12. The maximum atomic E-state index is 12.9. The highest BCUT2D eigenvalue weighted by Gasteiger charge is 2.61. The van der Waals surface area contributed by atoms with Crippen LogP contribution in [-0.2, 0) is 33.4 Å². The van der Waals surface area contributed by atoms with Crippen molar-refractivity contribution in [2.45, 2.75) is 51.7 Å². The number of carbonyl (C=O) groups is 5. The maximum Gasteiger partial charge on any atom is 0.340 e. The van der Waals surface area contributed by atoms with Crippen molar-refractivity contribution in [2.75, 3.05) is 19.0 Å². The van der Waals surface area contributed by atoms with Gasteiger partial charge < -0.3 is 29.2 Å². The molecule has 2 amide bonds. The van der Waals surface area contributed by atoms with Gasteiger partial charge in [-0.05, 0) is 6.92 Å². The van der Waals surface area contributed by atoms with E-state index in [0.29, 0.717) is 0 Å². The lowest BCUT2D eigenvalue weighted by molar-refractivity contribution is -0.174. The lowest BCUT2D eigenvalue weighted by Crippen LogP contribution is -2.56. The molecule has 194 valence electrons. The first-order valence-corrected chi connectivity index (χ1v) is 10.6. The monoisotopic (exact) mass is 507 g/mol. The molecule has 0 saturated carbocycles. The van der Waals surface area contributed by atoms with E-state index in [1.807, 2.05) is 0 Å². The highest BCUT2D eigenvalue weighted by Crippen LogP contribution is 2.41. The molecule has 1 fully saturated rings. The number of hydrogen-bond acceptors (Lipinski definition) is 11. The third-order valence-corrected chi connectivity index (χ3v) is 5.57. The van der Waals surface area contributed by atoms with Crippen molar-refractivity contribution in [1.82, 2.24) is 19.9 Å². The van der Waals surface area contributed by atoms with E-state index in [2.05, 4.69) is 20.6 Å². The first-order valence-electron chi connectivity index (χ1n) is 10.6. The Balaban J connectivity index is 2.35. The number of ether oxygens (including phenoxy) is 3. The molecule has 0 radical (unpaired) electrons. The number of esters is 2. The van der Waals surface area contributed by atoms with Gasteiger partial charge in [0.1, 0.15) is 6.04 Å². The first kappa shape index (κ1) is 26.5. The zero-order chi connectivity index (χ0) is 26.9. The van der Waals surface area contributed by atoms with Crippen molar-refractivity contribution in [3.05, 3.63) is 22.1 Å². The lowest BCUT2D eigenvalue weighted by atomic mass is 9.90. The van der Waals surface area contributed by atoms with Crippen LogP contribution in [0.5, 0.6) is 0 Å². The Morgan fingerprint density at radius 2 is 1.86 bits per heavy atom. The van der Waals surface area contributed by atoms with Gasteiger partial charge in [-0.2, -0.15) is 4.98 Å². The molecule has 15 heteroatoms. The molecule has 0 aromatic carbocycles. The average Bonchev–Trinajstić information content (AvgIpc) is 3.29. The number of carbonyl (C=O) groups excluding carboxylic acids is 5. The summed E-state index contributed by atoms with van der Waals surface area (Å²) in [7, 11) is 1.09. The molecule has 36 heavy (non-hydrogen) atoms. The van der Waals surface area contributed by atoms with Crippen molar-refractivity contribution in [2.24, 2.45) is 0 Å². The molecular formula is C21H25N5O10. The molecule has 0 aliphatic carbocycles. The van der Waals surface area contributed by atoms with E-state index in [-0.39, 0.29) is 22.5 Å². The second-order valence-electron chi connectivity index (χ2n) is 8.10. The summed E-state index contributed by atoms with van der Waals surface area (Å²) in [6, 6.07) is -1.28. The summed E-state index contributed by atoms with van der Waals surface area (Å²) in [4.78, 5) is 80.0. The number of nitrogens with zero attached hydrogens (tertiary/aromatic N) is 2. The summed E-state index contributed by atoms with van der Waals surface area (Å²) in [5.41, 5.74) is -3.35. The number of fused-ring (bicyclic) bond motifs is 1. The van der Waals surface area contributed by atoms with Crippen molar-refractivity contribution >= 4 is 46.5 Å². The van der Waals surface area contributed by atoms with Crippen LogP contribution < -0.4 is 16.2 Å². The van der Waals surface area contributed by atoms with E-state index >= 15 is 0 Å². The Bertz CT molecular complexity index is 1310. The van der Waals surface area contributed by atoms with Crippen molar-refractivity contribution in [1.29, 1.82) is 0 Å². The van der Waals surface area contributed by atoms with Gasteiger partial charge in [0, 0.05) is 27.0 Å². The predicted molar refractivity (Wildman–Crippen MR) is 120 cm³/mol. The molecular weight excluding hydrogens is 482 g/mol. The largest absolute Gasteiger partial charge is 0.465 e. The molecule has 3 heterocycles. The third kappa shape index (κ3) is 4.57. The van der Waals surface area contributed by atoms with Crippen LogP contribution >= 0.6 is 0 Å². The fourth-order valence-corrected chi connectivity index (χ4v) is 4.12. The number of aliphatic hydroxyl groups is 1. The first-order chi connectivity index (χ1) is 16.9. The number of aromatic nitrogens is 3. The van der Waals surface area contributed by atoms with Gasteiger partial charge in [0.25, 0.3) is 5.56 Å². The lowest BCUT2D eigenvalue weighted by Gasteiger charge is -2.30. The van der Waals surface area contributed by atoms with Crippen LogP contribution in [0.15, 0.2) is 11.0 Å². The second-order valence-corrected chi connectivity index (χ2v) is 8.10. The van der Waals surface area contributed by atoms with Gasteiger partial charge >= 0.3 is 11.9 Å². The molecule has 0 bridgehead atoms. The molecule has 1 saturated heterocycles. The summed E-state index contributed by atoms with van der Waals surface area (Å²) in [5, 5.41) is 14.8. The molecule has 2 aromatic rings. The molecule has 3 rings (SSSR count). The maximum absolute atomic E-state index is 12.9. The summed E-state index contributed by atoms with van der Waals surface area (Å²) in [6.07, 6.45) is -1.77. The Morgan fingerprint density at radius 3 is 2.36 bits per heavy atom. The van der Waals surface area contributed by atoms with Crippen LogP contribution in [0.4, 0.5) is 5.95 Å². The van der Waals surface area contributed by atoms with E-state index in [1.165, 1.54) is 13.8 Å². The molecule has 4 atom stereocenters. The van der Waals surface area contributed by atoms with Crippen LogP contribution in [0.3, 0.4) is 0 Å². The molecule has 1 aliphatic heterocycles. The number of aliphatic hydroxyl groups excluding tert-OH is 1. The zero-order valence-electron chi connectivity index (χ0n) is 20.0. The van der Waals surface area contributed by atoms with Gasteiger partial charge in [-0.1, -0.05) is 0 Å². The Labute approximate surface area is 203 Å². The number of nitrogens with one attached hydrogen (secondary N) is 3. The number of hydrogen-bond donors (Lipinski definition) is 4. The van der Waals surface area contributed by atoms with Gasteiger partial charge in [0.15, 0.2) is 29.4 Å². The van der Waals surface area contributed by atoms with Crippen LogP contribution in [0.2, 0.25) is 0 Å². The molecule has 4 N–H and O–H groups in total. The smallest absolute Gasteiger partial charge is 0.340 e. The molecule has 0 unspecified atom stereocenters. The molecule has 0 spiro atoms. The van der Waals surface area contributed by atoms with Gasteiger partial charge in [0.2, 0.25) is 17.8 Å². The van der Waals surface area contributed by atoms with Crippen molar-refractivity contribution in [3.63, 3.8) is 0 Å². The Hall–Kier alpha value is -4.11. The van der Waals surface area contributed by atoms with Crippen LogP contribution in [0.25, 0.3) is 11.0 Å². The van der Waals surface area contributed by atoms with E-state index in [4.69, 9.17) is 14.2 Å². The average molecular weight is 507 g/mol. The van der Waals surface area contributed by atoms with E-state index < -0.39 is 65.7 Å². The number of methoxy groups -OCH3 is 1. The minimum atomic E-state index is -2.10. The minimum absolute atomic E-state index is 0.192. The van der Waals surface area contributed by atoms with Crippen LogP contribution in [-0.4, -0.2) is 80.6 Å². The summed E-state index contributed by atoms with van der Waals surface area (Å²) >= 11 is 0. The topological polar surface area (TPSA) is 208 Å². The van der Waals surface area contributed by atoms with Crippen molar-refractivity contribution in [3.8, 4) is 0 Å². The van der Waals surface area contributed by atoms with E-state index in [0.717, 1.165) is 31.7 Å². The molecule has 1 aliphatic rings. The number of Topliss-reactive ketones (excluding diaryl/α,β-unsaturated/α-hetero) is 1. The van der Waals surface area contributed by atoms with Crippen molar-refractivity contribution < 1.29 is 43.3 Å². The van der Waals surface area contributed by atoms with Gasteiger partial charge in [0.05, 0.1) is 24.7 Å². The van der Waals surface area contributed by atoms with E-state index in [9.17, 15) is 33.9 Å². The normalized spacial score (nSPS) is 23.2. The number of rotatable bonds is 7. The summed E-state index contributed by atoms with van der Waals surface area (Å²) < 4.78 is 17.2. The highest BCUT2D eigenvalue weighted by molar-refractivity contribution is 6.03. The number of aromatic amines is 1. The number of anilines is 1. The van der Waals surface area contributed by atoms with Crippen LogP contribution in [0, 0.1) is 0 Å². The number of ketones is 1. The number of H-pyrrole nitrogens is 1. The Morgan fingerprint density at radius 1 is 1.19 bits per heavy atom. The third-order valence-electron chi connectivity index (χ3n) is 5.57. The second kappa shape index (κ2) is 9.87. The van der Waals surface area contributed by atoms with Gasteiger partial charge in [-0.25, -0.2) is 4.79 Å². The van der Waals surface area contributed by atoms with E-state index in [1.54, 1.807) is 0 Å². The quantitative estimate of drug-likeness (QED) is 0.326. The van der Waals surface area contributed by atoms with Gasteiger partial charge in [-0.3, -0.25) is 34.3 Å². The zero-order valence-corrected chi connectivity index (χ0v) is 20.0. The highest BCUT2D eigenvalue weighted by atomic mass is 16.6. The summed E-state index contributed by atoms with van der Waals surface area (Å²) in [6.45, 7) is 3.59. The molecule has 2 aromatic heterocycles. The minimum Gasteiger partial charge on any atom is -0.465 e. The number of amides is 2. The fraction of sp³-hybridized carbons (Fsp3) is 0.476. The Kier molecular flexibility index (Phi) is 7.26. The van der Waals surface area contributed by atoms with Crippen LogP contribution in [0.1, 0.15) is 44.3 Å². The summed E-state index contributed by atoms with van der Waals surface area (Å²) in [5.74, 6) is -3.87. The fourth-order valence-electron chi connectivity index (χ4n) is 4.12. The van der Waals surface area contributed by atoms with Gasteiger partial charge in [-0.15, -0.1) is 0 Å². The molecule has 15 nitrogen and oxygen atoms in total. The standard InChI is InChI=1S/C21H25N5O10/c1-8(28)21(7-27)15(35-11(4)31)14(22-9(2)29)18(36-21)26-6-12(19(33)34-5)13-16(26)24-20(23-10(3)30)25-17(13)32/h6,14-15,18,27H,7H2,1-5H3,(H,22,29)(H2,23,24,25,30,32)/t14-,15-,18+,21-/m0/s1. The predicted octanol–water partition coefficient (Wildman–Crippen LogP) is -1.25.